The third kappa shape index (κ3) is 4.89. The first-order valence-electron chi connectivity index (χ1n) is 8.19. The molecular weight excluding hydrogens is 355 g/mol. The highest BCUT2D eigenvalue weighted by Crippen LogP contribution is 2.37. The number of hydrogen-bond acceptors (Lipinski definition) is 1. The molecule has 0 aliphatic heterocycles. The highest BCUT2D eigenvalue weighted by Gasteiger charge is 2.31. The molecule has 5 heteroatoms. The molecule has 0 amide bonds. The van der Waals surface area contributed by atoms with E-state index < -0.39 is 0 Å². The smallest absolute Gasteiger partial charge is 0.0644 e. The van der Waals surface area contributed by atoms with E-state index in [1.165, 1.54) is 10.9 Å². The highest BCUT2D eigenvalue weighted by molar-refractivity contribution is 5.85. The summed E-state index contributed by atoms with van der Waals surface area (Å²) in [5.41, 5.74) is 2.91. The van der Waals surface area contributed by atoms with Gasteiger partial charge in [0, 0.05) is 18.3 Å². The summed E-state index contributed by atoms with van der Waals surface area (Å²) in [6.07, 6.45) is 12.5. The lowest BCUT2D eigenvalue weighted by Gasteiger charge is -2.37. The quantitative estimate of drug-likeness (QED) is 0.741. The molecule has 2 N–H and O–H groups in total. The SMILES string of the molecule is CN(C)CCC(C)(C1=CC=CCC1)n1ccc2ccccc21.Cl.Cl.O. The van der Waals surface area contributed by atoms with Crippen LogP contribution >= 0.6 is 24.8 Å². The fraction of sp³-hybridized carbons (Fsp3) is 0.400. The van der Waals surface area contributed by atoms with E-state index in [9.17, 15) is 0 Å². The van der Waals surface area contributed by atoms with Crippen molar-refractivity contribution in [3.63, 3.8) is 0 Å². The van der Waals surface area contributed by atoms with Gasteiger partial charge in [0.2, 0.25) is 0 Å². The molecule has 0 spiro atoms. The Kier molecular flexibility index (Phi) is 9.52. The summed E-state index contributed by atoms with van der Waals surface area (Å²) in [5, 5.41) is 1.32. The molecule has 0 bridgehead atoms. The Bertz CT molecular complexity index is 721. The van der Waals surface area contributed by atoms with Crippen LogP contribution in [0.2, 0.25) is 0 Å². The normalized spacial score (nSPS) is 15.6. The Morgan fingerprint density at radius 1 is 1.12 bits per heavy atom. The van der Waals surface area contributed by atoms with Crippen LogP contribution in [-0.2, 0) is 5.54 Å². The van der Waals surface area contributed by atoms with Crippen molar-refractivity contribution < 1.29 is 5.48 Å². The molecular formula is C20H30Cl2N2O. The van der Waals surface area contributed by atoms with Crippen molar-refractivity contribution in [2.24, 2.45) is 0 Å². The molecule has 1 aromatic heterocycles. The maximum atomic E-state index is 2.48. The van der Waals surface area contributed by atoms with Crippen LogP contribution in [0.4, 0.5) is 0 Å². The van der Waals surface area contributed by atoms with Gasteiger partial charge < -0.3 is 14.9 Å². The zero-order chi connectivity index (χ0) is 15.6. The molecule has 0 fully saturated rings. The van der Waals surface area contributed by atoms with Gasteiger partial charge in [-0.15, -0.1) is 24.8 Å². The lowest BCUT2D eigenvalue weighted by atomic mass is 9.83. The van der Waals surface area contributed by atoms with Crippen molar-refractivity contribution in [3.05, 3.63) is 60.3 Å². The second kappa shape index (κ2) is 10.0. The summed E-state index contributed by atoms with van der Waals surface area (Å²) in [5.74, 6) is 0. The van der Waals surface area contributed by atoms with Crippen molar-refractivity contribution in [2.45, 2.75) is 31.7 Å². The summed E-state index contributed by atoms with van der Waals surface area (Å²) >= 11 is 0. The number of fused-ring (bicyclic) bond motifs is 1. The van der Waals surface area contributed by atoms with Gasteiger partial charge in [-0.05, 0) is 63.4 Å². The average molecular weight is 385 g/mol. The number of aromatic nitrogens is 1. The van der Waals surface area contributed by atoms with Gasteiger partial charge in [-0.25, -0.2) is 0 Å². The summed E-state index contributed by atoms with van der Waals surface area (Å²) in [6, 6.07) is 10.9. The summed E-state index contributed by atoms with van der Waals surface area (Å²) in [4.78, 5) is 2.28. The van der Waals surface area contributed by atoms with Crippen LogP contribution in [0.25, 0.3) is 10.9 Å². The van der Waals surface area contributed by atoms with Gasteiger partial charge in [0.1, 0.15) is 0 Å². The second-order valence-corrected chi connectivity index (χ2v) is 6.73. The zero-order valence-electron chi connectivity index (χ0n) is 15.2. The predicted molar refractivity (Wildman–Crippen MR) is 113 cm³/mol. The molecule has 0 radical (unpaired) electrons. The van der Waals surface area contributed by atoms with Crippen LogP contribution in [0.1, 0.15) is 26.2 Å². The number of allylic oxidation sites excluding steroid dienone is 4. The molecule has 1 heterocycles. The van der Waals surface area contributed by atoms with Crippen molar-refractivity contribution >= 4 is 35.7 Å². The minimum absolute atomic E-state index is 0. The first-order chi connectivity index (χ1) is 10.6. The van der Waals surface area contributed by atoms with E-state index in [1.807, 2.05) is 0 Å². The molecule has 0 saturated heterocycles. The van der Waals surface area contributed by atoms with Crippen molar-refractivity contribution in [1.82, 2.24) is 9.47 Å². The van der Waals surface area contributed by atoms with E-state index >= 15 is 0 Å². The molecule has 1 aromatic carbocycles. The summed E-state index contributed by atoms with van der Waals surface area (Å²) in [6.45, 7) is 3.48. The Morgan fingerprint density at radius 2 is 1.84 bits per heavy atom. The minimum atomic E-state index is 0. The summed E-state index contributed by atoms with van der Waals surface area (Å²) in [7, 11) is 4.31. The molecule has 1 aliphatic carbocycles. The Balaban J connectivity index is 0.00000192. The van der Waals surface area contributed by atoms with Crippen LogP contribution in [0.3, 0.4) is 0 Å². The van der Waals surface area contributed by atoms with Crippen LogP contribution in [-0.4, -0.2) is 35.6 Å². The number of halogens is 2. The Hall–Kier alpha value is -1.26. The van der Waals surface area contributed by atoms with Crippen molar-refractivity contribution in [2.75, 3.05) is 20.6 Å². The van der Waals surface area contributed by atoms with Crippen LogP contribution in [0.5, 0.6) is 0 Å². The lowest BCUT2D eigenvalue weighted by Crippen LogP contribution is -2.35. The van der Waals surface area contributed by atoms with Gasteiger partial charge in [0.15, 0.2) is 0 Å². The molecule has 2 aromatic rings. The Morgan fingerprint density at radius 3 is 2.48 bits per heavy atom. The van der Waals surface area contributed by atoms with E-state index in [4.69, 9.17) is 0 Å². The highest BCUT2D eigenvalue weighted by atomic mass is 35.5. The van der Waals surface area contributed by atoms with Crippen LogP contribution in [0.15, 0.2) is 60.3 Å². The maximum absolute atomic E-state index is 2.48. The molecule has 3 nitrogen and oxygen atoms in total. The largest absolute Gasteiger partial charge is 0.412 e. The molecule has 25 heavy (non-hydrogen) atoms. The zero-order valence-corrected chi connectivity index (χ0v) is 16.9. The third-order valence-electron chi connectivity index (χ3n) is 4.88. The monoisotopic (exact) mass is 384 g/mol. The number of nitrogens with zero attached hydrogens (tertiary/aromatic N) is 2. The molecule has 1 unspecified atom stereocenters. The van der Waals surface area contributed by atoms with Gasteiger partial charge in [0.25, 0.3) is 0 Å². The standard InChI is InChI=1S/C20H26N2.2ClH.H2O/c1-20(14-16-21(2)3,18-10-5-4-6-11-18)22-15-13-17-9-7-8-12-19(17)22;;;/h4-5,7-10,12-13,15H,6,11,14,16H2,1-3H3;2*1H;1H2. The Labute approximate surface area is 163 Å². The minimum Gasteiger partial charge on any atom is -0.412 e. The summed E-state index contributed by atoms with van der Waals surface area (Å²) < 4.78 is 2.48. The molecule has 1 atom stereocenters. The van der Waals surface area contributed by atoms with E-state index in [2.05, 4.69) is 85.2 Å². The van der Waals surface area contributed by atoms with E-state index in [0.29, 0.717) is 0 Å². The van der Waals surface area contributed by atoms with Gasteiger partial charge in [0.05, 0.1) is 5.54 Å². The van der Waals surface area contributed by atoms with Crippen LogP contribution in [0, 0.1) is 0 Å². The first-order valence-corrected chi connectivity index (χ1v) is 8.19. The number of benzene rings is 1. The number of hydrogen-bond donors (Lipinski definition) is 0. The van der Waals surface area contributed by atoms with Crippen LogP contribution < -0.4 is 0 Å². The van der Waals surface area contributed by atoms with Gasteiger partial charge >= 0.3 is 0 Å². The van der Waals surface area contributed by atoms with E-state index in [-0.39, 0.29) is 35.8 Å². The molecule has 140 valence electrons. The second-order valence-electron chi connectivity index (χ2n) is 6.73. The number of para-hydroxylation sites is 1. The van der Waals surface area contributed by atoms with E-state index in [1.54, 1.807) is 5.57 Å². The van der Waals surface area contributed by atoms with Gasteiger partial charge in [-0.2, -0.15) is 0 Å². The molecule has 0 saturated carbocycles. The first kappa shape index (κ1) is 23.7. The molecule has 3 rings (SSSR count). The average Bonchev–Trinajstić information content (AvgIpc) is 2.98. The molecule has 1 aliphatic rings. The fourth-order valence-electron chi connectivity index (χ4n) is 3.44. The van der Waals surface area contributed by atoms with Crippen molar-refractivity contribution in [3.8, 4) is 0 Å². The number of rotatable bonds is 5. The topological polar surface area (TPSA) is 39.7 Å². The predicted octanol–water partition coefficient (Wildman–Crippen LogP) is 4.60. The van der Waals surface area contributed by atoms with Gasteiger partial charge in [-0.3, -0.25) is 0 Å². The third-order valence-corrected chi connectivity index (χ3v) is 4.88. The fourth-order valence-corrected chi connectivity index (χ4v) is 3.44. The van der Waals surface area contributed by atoms with Gasteiger partial charge in [-0.1, -0.05) is 36.4 Å². The van der Waals surface area contributed by atoms with E-state index in [0.717, 1.165) is 25.8 Å². The van der Waals surface area contributed by atoms with Crippen molar-refractivity contribution in [1.29, 1.82) is 0 Å². The maximum Gasteiger partial charge on any atom is 0.0644 e. The lowest BCUT2D eigenvalue weighted by molar-refractivity contribution is 0.290.